The Bertz CT molecular complexity index is 958. The summed E-state index contributed by atoms with van der Waals surface area (Å²) in [6, 6.07) is 5.76. The third kappa shape index (κ3) is 7.46. The molecule has 1 aliphatic rings. The Morgan fingerprint density at radius 1 is 1.24 bits per heavy atom. The molecule has 1 aromatic heterocycles. The maximum Gasteiger partial charge on any atom is 0.274 e. The van der Waals surface area contributed by atoms with E-state index in [1.165, 1.54) is 0 Å². The van der Waals surface area contributed by atoms with Crippen molar-refractivity contribution in [2.75, 3.05) is 47.2 Å². The first-order valence-corrected chi connectivity index (χ1v) is 12.4. The van der Waals surface area contributed by atoms with Crippen molar-refractivity contribution < 1.29 is 9.63 Å². The summed E-state index contributed by atoms with van der Waals surface area (Å²) in [5.41, 5.74) is 4.71. The minimum Gasteiger partial charge on any atom is -0.350 e. The molecule has 2 aromatic rings. The van der Waals surface area contributed by atoms with Crippen LogP contribution in [0.1, 0.15) is 50.0 Å². The molecule has 1 unspecified atom stereocenters. The van der Waals surface area contributed by atoms with Crippen molar-refractivity contribution in [3.05, 3.63) is 29.3 Å². The quantitative estimate of drug-likeness (QED) is 0.466. The zero-order valence-corrected chi connectivity index (χ0v) is 21.2. The van der Waals surface area contributed by atoms with E-state index in [4.69, 9.17) is 4.84 Å². The van der Waals surface area contributed by atoms with Gasteiger partial charge >= 0.3 is 0 Å². The second-order valence-electron chi connectivity index (χ2n) is 9.42. The predicted octanol–water partition coefficient (Wildman–Crippen LogP) is 4.00. The number of hydroxylamine groups is 1. The van der Waals surface area contributed by atoms with Crippen LogP contribution >= 0.6 is 11.8 Å². The molecule has 3 rings (SSSR count). The Kier molecular flexibility index (Phi) is 8.36. The van der Waals surface area contributed by atoms with Crippen molar-refractivity contribution in [3.63, 3.8) is 0 Å². The summed E-state index contributed by atoms with van der Waals surface area (Å²) in [6.07, 6.45) is 1.09. The summed E-state index contributed by atoms with van der Waals surface area (Å²) in [5.74, 6) is 3.46. The van der Waals surface area contributed by atoms with E-state index in [0.717, 1.165) is 35.7 Å². The summed E-state index contributed by atoms with van der Waals surface area (Å²) < 4.78 is 0. The fraction of sp³-hybridized carbons (Fsp3) is 0.565. The van der Waals surface area contributed by atoms with Crippen molar-refractivity contribution in [1.82, 2.24) is 20.4 Å². The van der Waals surface area contributed by atoms with Gasteiger partial charge in [-0.15, -0.1) is 0 Å². The molecule has 3 N–H and O–H groups in total. The number of nitrogens with zero attached hydrogens (tertiary/aromatic N) is 4. The minimum absolute atomic E-state index is 0.0868. The van der Waals surface area contributed by atoms with E-state index >= 15 is 0 Å². The largest absolute Gasteiger partial charge is 0.350 e. The number of hydrogen-bond donors (Lipinski definition) is 3. The number of aryl methyl sites for hydroxylation is 1. The molecule has 0 spiro atoms. The van der Waals surface area contributed by atoms with Crippen LogP contribution in [0, 0.1) is 12.3 Å². The maximum absolute atomic E-state index is 12.3. The standard InChI is InChI=1S/C23H35N7O2S/c1-7-32-29-19(31)16-9-8-15(2)18(12-16)25-21-26-20(24-17-10-11-33-13-17)27-22(28-21)30(6)14-23(3,4)5/h8-9,12,17H,7,10-11,13-14H2,1-6H3,(H,29,31)(H2,24,25,26,27,28). The lowest BCUT2D eigenvalue weighted by atomic mass is 9.96. The number of thioether (sulfide) groups is 1. The van der Waals surface area contributed by atoms with E-state index in [9.17, 15) is 4.79 Å². The van der Waals surface area contributed by atoms with Crippen LogP contribution in [0.25, 0.3) is 0 Å². The van der Waals surface area contributed by atoms with Gasteiger partial charge in [0.25, 0.3) is 5.91 Å². The van der Waals surface area contributed by atoms with Gasteiger partial charge in [-0.2, -0.15) is 26.7 Å². The fourth-order valence-corrected chi connectivity index (χ4v) is 4.64. The molecule has 1 aliphatic heterocycles. The number of rotatable bonds is 9. The average Bonchev–Trinajstić information content (AvgIpc) is 3.25. The monoisotopic (exact) mass is 473 g/mol. The van der Waals surface area contributed by atoms with Crippen LogP contribution in [0.3, 0.4) is 0 Å². The molecule has 1 amide bonds. The number of aromatic nitrogens is 3. The Hall–Kier alpha value is -2.59. The molecule has 1 aromatic carbocycles. The van der Waals surface area contributed by atoms with E-state index in [0.29, 0.717) is 36.1 Å². The number of amides is 1. The van der Waals surface area contributed by atoms with Crippen molar-refractivity contribution in [3.8, 4) is 0 Å². The molecular weight excluding hydrogens is 438 g/mol. The Morgan fingerprint density at radius 2 is 2.00 bits per heavy atom. The molecule has 0 bridgehead atoms. The van der Waals surface area contributed by atoms with Gasteiger partial charge in [0.15, 0.2) is 0 Å². The van der Waals surface area contributed by atoms with Crippen LogP contribution in [0.4, 0.5) is 23.5 Å². The van der Waals surface area contributed by atoms with Gasteiger partial charge in [-0.25, -0.2) is 5.48 Å². The van der Waals surface area contributed by atoms with E-state index in [1.54, 1.807) is 12.1 Å². The lowest BCUT2D eigenvalue weighted by Crippen LogP contribution is -2.31. The van der Waals surface area contributed by atoms with E-state index in [1.807, 2.05) is 43.6 Å². The highest BCUT2D eigenvalue weighted by molar-refractivity contribution is 7.99. The second kappa shape index (κ2) is 11.0. The molecular formula is C23H35N7O2S. The first-order valence-electron chi connectivity index (χ1n) is 11.3. The topological polar surface area (TPSA) is 104 Å². The number of nitrogens with one attached hydrogen (secondary N) is 3. The van der Waals surface area contributed by atoms with Crippen LogP contribution in [-0.4, -0.2) is 58.6 Å². The van der Waals surface area contributed by atoms with Gasteiger partial charge < -0.3 is 15.5 Å². The molecule has 1 saturated heterocycles. The van der Waals surface area contributed by atoms with E-state index < -0.39 is 0 Å². The molecule has 33 heavy (non-hydrogen) atoms. The molecule has 180 valence electrons. The highest BCUT2D eigenvalue weighted by Crippen LogP contribution is 2.25. The Morgan fingerprint density at radius 3 is 2.67 bits per heavy atom. The third-order valence-corrected chi connectivity index (χ3v) is 6.16. The third-order valence-electron chi connectivity index (χ3n) is 4.99. The maximum atomic E-state index is 12.3. The first-order chi connectivity index (χ1) is 15.6. The summed E-state index contributed by atoms with van der Waals surface area (Å²) in [6.45, 7) is 11.5. The van der Waals surface area contributed by atoms with E-state index in [-0.39, 0.29) is 11.3 Å². The van der Waals surface area contributed by atoms with Gasteiger partial charge in [-0.1, -0.05) is 26.8 Å². The zero-order valence-electron chi connectivity index (χ0n) is 20.4. The van der Waals surface area contributed by atoms with E-state index in [2.05, 4.69) is 51.8 Å². The lowest BCUT2D eigenvalue weighted by molar-refractivity contribution is 0.0364. The van der Waals surface area contributed by atoms with Crippen molar-refractivity contribution >= 4 is 41.2 Å². The molecule has 10 heteroatoms. The van der Waals surface area contributed by atoms with Gasteiger partial charge in [-0.3, -0.25) is 9.63 Å². The van der Waals surface area contributed by atoms with Crippen molar-refractivity contribution in [2.24, 2.45) is 5.41 Å². The molecule has 9 nitrogen and oxygen atoms in total. The molecule has 1 atom stereocenters. The Balaban J connectivity index is 1.89. The minimum atomic E-state index is -0.303. The van der Waals surface area contributed by atoms with Crippen LogP contribution in [-0.2, 0) is 4.84 Å². The van der Waals surface area contributed by atoms with Gasteiger partial charge in [0.1, 0.15) is 0 Å². The van der Waals surface area contributed by atoms with Crippen molar-refractivity contribution in [2.45, 2.75) is 47.1 Å². The average molecular weight is 474 g/mol. The Labute approximate surface area is 200 Å². The number of carbonyl (C=O) groups is 1. The first kappa shape index (κ1) is 25.0. The number of hydrogen-bond acceptors (Lipinski definition) is 9. The molecule has 0 saturated carbocycles. The summed E-state index contributed by atoms with van der Waals surface area (Å²) in [4.78, 5) is 33.4. The second-order valence-corrected chi connectivity index (χ2v) is 10.6. The van der Waals surface area contributed by atoms with Gasteiger partial charge in [-0.05, 0) is 49.1 Å². The number of anilines is 4. The van der Waals surface area contributed by atoms with Crippen LogP contribution in [0.15, 0.2) is 18.2 Å². The van der Waals surface area contributed by atoms with Crippen LogP contribution in [0.5, 0.6) is 0 Å². The SMILES string of the molecule is CCONC(=O)c1ccc(C)c(Nc2nc(NC3CCSC3)nc(N(C)CC(C)(C)C)n2)c1. The van der Waals surface area contributed by atoms with Crippen molar-refractivity contribution in [1.29, 1.82) is 0 Å². The predicted molar refractivity (Wildman–Crippen MR) is 135 cm³/mol. The summed E-state index contributed by atoms with van der Waals surface area (Å²) >= 11 is 1.93. The normalized spacial score (nSPS) is 15.9. The summed E-state index contributed by atoms with van der Waals surface area (Å²) in [5, 5.41) is 6.75. The van der Waals surface area contributed by atoms with Crippen LogP contribution in [0.2, 0.25) is 0 Å². The highest BCUT2D eigenvalue weighted by atomic mass is 32.2. The number of benzene rings is 1. The van der Waals surface area contributed by atoms with Gasteiger partial charge in [0.05, 0.1) is 6.61 Å². The lowest BCUT2D eigenvalue weighted by Gasteiger charge is -2.27. The number of carbonyl (C=O) groups excluding carboxylic acids is 1. The summed E-state index contributed by atoms with van der Waals surface area (Å²) in [7, 11) is 1.99. The molecule has 1 fully saturated rings. The fourth-order valence-electron chi connectivity index (χ4n) is 3.48. The van der Waals surface area contributed by atoms with Crippen LogP contribution < -0.4 is 21.0 Å². The van der Waals surface area contributed by atoms with Gasteiger partial charge in [0, 0.05) is 36.6 Å². The zero-order chi connectivity index (χ0) is 24.0. The molecule has 0 aliphatic carbocycles. The smallest absolute Gasteiger partial charge is 0.274 e. The molecule has 2 heterocycles. The highest BCUT2D eigenvalue weighted by Gasteiger charge is 2.21. The molecule has 0 radical (unpaired) electrons. The van der Waals surface area contributed by atoms with Gasteiger partial charge in [0.2, 0.25) is 17.8 Å².